The Morgan fingerprint density at radius 2 is 2.10 bits per heavy atom. The van der Waals surface area contributed by atoms with E-state index in [1.54, 1.807) is 23.1 Å². The van der Waals surface area contributed by atoms with Crippen LogP contribution in [-0.2, 0) is 6.54 Å². The Morgan fingerprint density at radius 3 is 2.65 bits per heavy atom. The second-order valence-electron chi connectivity index (χ2n) is 5.17. The summed E-state index contributed by atoms with van der Waals surface area (Å²) in [7, 11) is 3.89. The van der Waals surface area contributed by atoms with Gasteiger partial charge in [0.25, 0.3) is 0 Å². The van der Waals surface area contributed by atoms with E-state index < -0.39 is 0 Å². The summed E-state index contributed by atoms with van der Waals surface area (Å²) in [5.74, 6) is 0. The van der Waals surface area contributed by atoms with E-state index in [4.69, 9.17) is 23.2 Å². The first kappa shape index (κ1) is 15.4. The van der Waals surface area contributed by atoms with Crippen molar-refractivity contribution in [2.45, 2.75) is 19.0 Å². The number of rotatable bonds is 3. The van der Waals surface area contributed by atoms with Crippen LogP contribution in [0.25, 0.3) is 0 Å². The Labute approximate surface area is 129 Å². The normalized spacial score (nSPS) is 19.1. The van der Waals surface area contributed by atoms with Crippen LogP contribution in [0.5, 0.6) is 0 Å². The summed E-state index contributed by atoms with van der Waals surface area (Å²) in [6.07, 6.45) is 1.01. The lowest BCUT2D eigenvalue weighted by Gasteiger charge is -2.25. The van der Waals surface area contributed by atoms with Crippen molar-refractivity contribution in [1.82, 2.24) is 15.1 Å². The Kier molecular flexibility index (Phi) is 5.13. The molecule has 1 heterocycles. The van der Waals surface area contributed by atoms with Gasteiger partial charge in [-0.1, -0.05) is 29.3 Å². The number of urea groups is 1. The zero-order valence-electron chi connectivity index (χ0n) is 11.7. The molecule has 0 spiro atoms. The molecule has 1 saturated heterocycles. The summed E-state index contributed by atoms with van der Waals surface area (Å²) in [6, 6.07) is 5.49. The number of nitrogens with zero attached hydrogens (tertiary/aromatic N) is 2. The van der Waals surface area contributed by atoms with Gasteiger partial charge in [0, 0.05) is 41.8 Å². The molecule has 1 N–H and O–H groups in total. The molecule has 1 aliphatic heterocycles. The molecule has 0 aliphatic carbocycles. The molecule has 6 heteroatoms. The maximum absolute atomic E-state index is 12.1. The summed E-state index contributed by atoms with van der Waals surface area (Å²) >= 11 is 12.2. The van der Waals surface area contributed by atoms with Gasteiger partial charge in [-0.2, -0.15) is 0 Å². The molecule has 2 rings (SSSR count). The molecule has 1 fully saturated rings. The van der Waals surface area contributed by atoms with Crippen LogP contribution in [0, 0.1) is 0 Å². The largest absolute Gasteiger partial charge is 0.334 e. The van der Waals surface area contributed by atoms with Crippen molar-refractivity contribution in [3.63, 3.8) is 0 Å². The molecule has 1 unspecified atom stereocenters. The Balaban J connectivity index is 1.92. The maximum Gasteiger partial charge on any atom is 0.317 e. The molecule has 0 aromatic heterocycles. The first-order valence-electron chi connectivity index (χ1n) is 6.61. The van der Waals surface area contributed by atoms with E-state index in [1.165, 1.54) is 0 Å². The lowest BCUT2D eigenvalue weighted by atomic mass is 10.2. The van der Waals surface area contributed by atoms with Crippen LogP contribution in [0.15, 0.2) is 18.2 Å². The van der Waals surface area contributed by atoms with Crippen LogP contribution in [-0.4, -0.2) is 49.1 Å². The predicted molar refractivity (Wildman–Crippen MR) is 82.4 cm³/mol. The molecule has 4 nitrogen and oxygen atoms in total. The first-order chi connectivity index (χ1) is 9.49. The minimum Gasteiger partial charge on any atom is -0.334 e. The first-order valence-corrected chi connectivity index (χ1v) is 7.36. The minimum absolute atomic E-state index is 0.0960. The molecule has 1 aromatic carbocycles. The zero-order chi connectivity index (χ0) is 14.7. The number of hydrogen-bond donors (Lipinski definition) is 1. The lowest BCUT2D eigenvalue weighted by molar-refractivity contribution is 0.190. The number of nitrogens with one attached hydrogen (secondary N) is 1. The Morgan fingerprint density at radius 1 is 1.45 bits per heavy atom. The molecule has 1 atom stereocenters. The van der Waals surface area contributed by atoms with Crippen molar-refractivity contribution in [3.8, 4) is 0 Å². The maximum atomic E-state index is 12.1. The standard InChI is InChI=1S/C14H19Cl2N3O/c1-18-7-6-10(9-18)19(2)14(20)17-8-11-12(15)4-3-5-13(11)16/h3-5,10H,6-9H2,1-2H3,(H,17,20). The molecular formula is C14H19Cl2N3O. The number of amides is 2. The smallest absolute Gasteiger partial charge is 0.317 e. The van der Waals surface area contributed by atoms with Crippen LogP contribution in [0.4, 0.5) is 4.79 Å². The van der Waals surface area contributed by atoms with Crippen molar-refractivity contribution in [3.05, 3.63) is 33.8 Å². The van der Waals surface area contributed by atoms with E-state index in [9.17, 15) is 4.79 Å². The van der Waals surface area contributed by atoms with Crippen LogP contribution < -0.4 is 5.32 Å². The second kappa shape index (κ2) is 6.66. The predicted octanol–water partition coefficient (Wildman–Crippen LogP) is 2.84. The van der Waals surface area contributed by atoms with E-state index in [1.807, 2.05) is 7.05 Å². The van der Waals surface area contributed by atoms with Gasteiger partial charge in [0.15, 0.2) is 0 Å². The molecular weight excluding hydrogens is 297 g/mol. The average Bonchev–Trinajstić information content (AvgIpc) is 2.83. The number of carbonyl (C=O) groups excluding carboxylic acids is 1. The third-order valence-corrected chi connectivity index (χ3v) is 4.42. The van der Waals surface area contributed by atoms with Crippen molar-refractivity contribution < 1.29 is 4.79 Å². The monoisotopic (exact) mass is 315 g/mol. The van der Waals surface area contributed by atoms with Gasteiger partial charge in [0.2, 0.25) is 0 Å². The zero-order valence-corrected chi connectivity index (χ0v) is 13.2. The third-order valence-electron chi connectivity index (χ3n) is 3.71. The van der Waals surface area contributed by atoms with Gasteiger partial charge < -0.3 is 15.1 Å². The summed E-state index contributed by atoms with van der Waals surface area (Å²) < 4.78 is 0. The van der Waals surface area contributed by atoms with Crippen molar-refractivity contribution in [2.24, 2.45) is 0 Å². The number of benzene rings is 1. The van der Waals surface area contributed by atoms with Gasteiger partial charge in [-0.25, -0.2) is 4.79 Å². The van der Waals surface area contributed by atoms with E-state index >= 15 is 0 Å². The van der Waals surface area contributed by atoms with Crippen LogP contribution in [0.3, 0.4) is 0 Å². The van der Waals surface area contributed by atoms with Gasteiger partial charge >= 0.3 is 6.03 Å². The summed E-state index contributed by atoms with van der Waals surface area (Å²) in [5, 5.41) is 4.01. The number of likely N-dealkylation sites (N-methyl/N-ethyl adjacent to an activating group) is 2. The topological polar surface area (TPSA) is 35.6 Å². The highest BCUT2D eigenvalue weighted by Gasteiger charge is 2.26. The summed E-state index contributed by atoms with van der Waals surface area (Å²) in [6.45, 7) is 2.28. The van der Waals surface area contributed by atoms with Gasteiger partial charge in [-0.3, -0.25) is 0 Å². The molecule has 1 aliphatic rings. The molecule has 1 aromatic rings. The molecule has 110 valence electrons. The van der Waals surface area contributed by atoms with Crippen molar-refractivity contribution in [2.75, 3.05) is 27.2 Å². The van der Waals surface area contributed by atoms with Crippen molar-refractivity contribution in [1.29, 1.82) is 0 Å². The molecule has 0 radical (unpaired) electrons. The SMILES string of the molecule is CN1CCC(N(C)C(=O)NCc2c(Cl)cccc2Cl)C1. The molecule has 2 amide bonds. The van der Waals surface area contributed by atoms with Gasteiger partial charge in [-0.05, 0) is 32.1 Å². The number of halogens is 2. The molecule has 0 saturated carbocycles. The Hall–Kier alpha value is -0.970. The fourth-order valence-electron chi connectivity index (χ4n) is 2.38. The quantitative estimate of drug-likeness (QED) is 0.931. The highest BCUT2D eigenvalue weighted by atomic mass is 35.5. The third kappa shape index (κ3) is 3.57. The number of likely N-dealkylation sites (tertiary alicyclic amines) is 1. The highest BCUT2D eigenvalue weighted by Crippen LogP contribution is 2.24. The number of hydrogen-bond acceptors (Lipinski definition) is 2. The van der Waals surface area contributed by atoms with E-state index in [2.05, 4.69) is 17.3 Å². The van der Waals surface area contributed by atoms with Gasteiger partial charge in [-0.15, -0.1) is 0 Å². The summed E-state index contributed by atoms with van der Waals surface area (Å²) in [4.78, 5) is 16.1. The Bertz CT molecular complexity index is 475. The van der Waals surface area contributed by atoms with Crippen LogP contribution in [0.1, 0.15) is 12.0 Å². The molecule has 0 bridgehead atoms. The average molecular weight is 316 g/mol. The fourth-order valence-corrected chi connectivity index (χ4v) is 2.91. The number of carbonyl (C=O) groups is 1. The lowest BCUT2D eigenvalue weighted by Crippen LogP contribution is -2.44. The van der Waals surface area contributed by atoms with E-state index in [0.29, 0.717) is 16.6 Å². The van der Waals surface area contributed by atoms with Crippen LogP contribution >= 0.6 is 23.2 Å². The van der Waals surface area contributed by atoms with Crippen LogP contribution in [0.2, 0.25) is 10.0 Å². The van der Waals surface area contributed by atoms with Gasteiger partial charge in [0.1, 0.15) is 0 Å². The second-order valence-corrected chi connectivity index (χ2v) is 5.99. The minimum atomic E-state index is -0.0960. The van der Waals surface area contributed by atoms with Crippen molar-refractivity contribution >= 4 is 29.2 Å². The van der Waals surface area contributed by atoms with Gasteiger partial charge in [0.05, 0.1) is 0 Å². The molecule has 20 heavy (non-hydrogen) atoms. The van der Waals surface area contributed by atoms with E-state index in [-0.39, 0.29) is 12.1 Å². The highest BCUT2D eigenvalue weighted by molar-refractivity contribution is 6.36. The van der Waals surface area contributed by atoms with E-state index in [0.717, 1.165) is 25.1 Å². The fraction of sp³-hybridized carbons (Fsp3) is 0.500. The summed E-state index contributed by atoms with van der Waals surface area (Å²) in [5.41, 5.74) is 0.751.